The molecule has 1 amide bonds. The van der Waals surface area contributed by atoms with Crippen molar-refractivity contribution >= 4 is 23.0 Å². The Morgan fingerprint density at radius 1 is 1.03 bits per heavy atom. The van der Waals surface area contributed by atoms with Gasteiger partial charge in [-0.1, -0.05) is 18.2 Å². The summed E-state index contributed by atoms with van der Waals surface area (Å²) in [6.45, 7) is 1.33. The quantitative estimate of drug-likeness (QED) is 0.438. The summed E-state index contributed by atoms with van der Waals surface area (Å²) in [5.41, 5.74) is 3.55. The highest BCUT2D eigenvalue weighted by Gasteiger charge is 2.09. The lowest BCUT2D eigenvalue weighted by molar-refractivity contribution is -0.384. The van der Waals surface area contributed by atoms with E-state index in [1.165, 1.54) is 12.1 Å². The summed E-state index contributed by atoms with van der Waals surface area (Å²) in [6, 6.07) is 15.5. The molecule has 2 aromatic carbocycles. The molecular formula is C22H23N5O3. The van der Waals surface area contributed by atoms with E-state index >= 15 is 0 Å². The van der Waals surface area contributed by atoms with E-state index < -0.39 is 4.92 Å². The summed E-state index contributed by atoms with van der Waals surface area (Å²) in [7, 11) is 3.91. The van der Waals surface area contributed by atoms with Gasteiger partial charge < -0.3 is 15.5 Å². The highest BCUT2D eigenvalue weighted by atomic mass is 16.6. The smallest absolute Gasteiger partial charge is 0.271 e. The van der Waals surface area contributed by atoms with Crippen molar-refractivity contribution < 1.29 is 9.72 Å². The van der Waals surface area contributed by atoms with Crippen molar-refractivity contribution in [2.75, 3.05) is 32.5 Å². The van der Waals surface area contributed by atoms with Gasteiger partial charge in [0.05, 0.1) is 16.8 Å². The second kappa shape index (κ2) is 9.62. The third kappa shape index (κ3) is 5.62. The number of pyridine rings is 1. The van der Waals surface area contributed by atoms with Gasteiger partial charge >= 0.3 is 0 Å². The maximum atomic E-state index is 12.4. The number of likely N-dealkylation sites (N-methyl/N-ethyl adjacent to an activating group) is 1. The molecule has 8 nitrogen and oxygen atoms in total. The third-order valence-electron chi connectivity index (χ3n) is 4.39. The summed E-state index contributed by atoms with van der Waals surface area (Å²) in [5.74, 6) is -0.127. The molecule has 1 aromatic heterocycles. The number of benzene rings is 2. The van der Waals surface area contributed by atoms with Crippen LogP contribution in [-0.2, 0) is 0 Å². The molecule has 0 bridgehead atoms. The van der Waals surface area contributed by atoms with Crippen molar-refractivity contribution in [2.24, 2.45) is 0 Å². The lowest BCUT2D eigenvalue weighted by Gasteiger charge is -2.11. The number of rotatable bonds is 8. The number of carbonyl (C=O) groups is 1. The second-order valence-electron chi connectivity index (χ2n) is 7.03. The Balaban J connectivity index is 1.76. The Morgan fingerprint density at radius 2 is 1.83 bits per heavy atom. The predicted molar refractivity (Wildman–Crippen MR) is 117 cm³/mol. The van der Waals surface area contributed by atoms with Crippen molar-refractivity contribution in [3.8, 4) is 11.1 Å². The SMILES string of the molecule is CN(C)CCNC(=O)c1cccc(-c2cncc(Nc3cccc([N+](=O)[O-])c3)c2)c1. The van der Waals surface area contributed by atoms with Crippen molar-refractivity contribution in [1.82, 2.24) is 15.2 Å². The van der Waals surface area contributed by atoms with E-state index in [2.05, 4.69) is 15.6 Å². The van der Waals surface area contributed by atoms with Gasteiger partial charge in [0, 0.05) is 48.2 Å². The zero-order chi connectivity index (χ0) is 21.5. The van der Waals surface area contributed by atoms with Crippen LogP contribution in [0.2, 0.25) is 0 Å². The number of nitro groups is 1. The normalized spacial score (nSPS) is 10.6. The van der Waals surface area contributed by atoms with Crippen LogP contribution in [-0.4, -0.2) is 47.9 Å². The number of hydrogen-bond donors (Lipinski definition) is 2. The summed E-state index contributed by atoms with van der Waals surface area (Å²) < 4.78 is 0. The van der Waals surface area contributed by atoms with Gasteiger partial charge in [-0.2, -0.15) is 0 Å². The number of carbonyl (C=O) groups excluding carboxylic acids is 1. The van der Waals surface area contributed by atoms with E-state index in [-0.39, 0.29) is 11.6 Å². The minimum atomic E-state index is -0.436. The summed E-state index contributed by atoms with van der Waals surface area (Å²) in [5, 5.41) is 17.0. The van der Waals surface area contributed by atoms with Crippen molar-refractivity contribution in [3.05, 3.63) is 82.7 Å². The standard InChI is InChI=1S/C22H23N5O3/c1-26(2)10-9-24-22(28)17-6-3-5-16(11-17)18-12-20(15-23-14-18)25-19-7-4-8-21(13-19)27(29)30/h3-8,11-15,25H,9-10H2,1-2H3,(H,24,28). The van der Waals surface area contributed by atoms with E-state index in [9.17, 15) is 14.9 Å². The van der Waals surface area contributed by atoms with Gasteiger partial charge in [0.25, 0.3) is 11.6 Å². The number of anilines is 2. The van der Waals surface area contributed by atoms with Crippen LogP contribution < -0.4 is 10.6 Å². The largest absolute Gasteiger partial charge is 0.354 e. The Labute approximate surface area is 174 Å². The van der Waals surface area contributed by atoms with Gasteiger partial charge in [-0.3, -0.25) is 19.9 Å². The Bertz CT molecular complexity index is 1050. The number of nitrogens with one attached hydrogen (secondary N) is 2. The van der Waals surface area contributed by atoms with E-state index in [4.69, 9.17) is 0 Å². The summed E-state index contributed by atoms with van der Waals surface area (Å²) in [6.07, 6.45) is 3.35. The molecule has 0 radical (unpaired) electrons. The molecule has 0 atom stereocenters. The van der Waals surface area contributed by atoms with Crippen LogP contribution >= 0.6 is 0 Å². The number of nitrogens with zero attached hydrogens (tertiary/aromatic N) is 3. The van der Waals surface area contributed by atoms with E-state index in [1.54, 1.807) is 30.6 Å². The maximum Gasteiger partial charge on any atom is 0.271 e. The fourth-order valence-corrected chi connectivity index (χ4v) is 2.87. The number of non-ortho nitro benzene ring substituents is 1. The molecule has 0 saturated carbocycles. The van der Waals surface area contributed by atoms with Gasteiger partial charge in [0.1, 0.15) is 0 Å². The monoisotopic (exact) mass is 405 g/mol. The van der Waals surface area contributed by atoms with E-state index in [0.29, 0.717) is 23.5 Å². The van der Waals surface area contributed by atoms with Crippen LogP contribution in [0.5, 0.6) is 0 Å². The van der Waals surface area contributed by atoms with Crippen LogP contribution in [0.4, 0.5) is 17.1 Å². The van der Waals surface area contributed by atoms with E-state index in [0.717, 1.165) is 17.7 Å². The summed E-state index contributed by atoms with van der Waals surface area (Å²) in [4.78, 5) is 29.2. The lowest BCUT2D eigenvalue weighted by Crippen LogP contribution is -2.31. The van der Waals surface area contributed by atoms with Crippen molar-refractivity contribution in [3.63, 3.8) is 0 Å². The van der Waals surface area contributed by atoms with Crippen LogP contribution in [0.3, 0.4) is 0 Å². The zero-order valence-corrected chi connectivity index (χ0v) is 16.8. The Hall–Kier alpha value is -3.78. The molecule has 1 heterocycles. The number of nitro benzene ring substituents is 1. The highest BCUT2D eigenvalue weighted by Crippen LogP contribution is 2.26. The van der Waals surface area contributed by atoms with Gasteiger partial charge in [0.2, 0.25) is 0 Å². The zero-order valence-electron chi connectivity index (χ0n) is 16.8. The molecule has 2 N–H and O–H groups in total. The maximum absolute atomic E-state index is 12.4. The summed E-state index contributed by atoms with van der Waals surface area (Å²) >= 11 is 0. The average Bonchev–Trinajstić information content (AvgIpc) is 2.74. The van der Waals surface area contributed by atoms with Gasteiger partial charge in [-0.25, -0.2) is 0 Å². The molecule has 0 unspecified atom stereocenters. The van der Waals surface area contributed by atoms with Gasteiger partial charge in [0.15, 0.2) is 0 Å². The first-order chi connectivity index (χ1) is 14.4. The first kappa shape index (κ1) is 20.9. The van der Waals surface area contributed by atoms with E-state index in [1.807, 2.05) is 43.3 Å². The minimum Gasteiger partial charge on any atom is -0.354 e. The first-order valence-corrected chi connectivity index (χ1v) is 9.42. The molecule has 154 valence electrons. The molecule has 0 aliphatic heterocycles. The molecule has 30 heavy (non-hydrogen) atoms. The molecule has 3 aromatic rings. The Kier molecular flexibility index (Phi) is 6.71. The molecule has 0 saturated heterocycles. The fraction of sp³-hybridized carbons (Fsp3) is 0.182. The number of aromatic nitrogens is 1. The number of hydrogen-bond acceptors (Lipinski definition) is 6. The topological polar surface area (TPSA) is 100 Å². The first-order valence-electron chi connectivity index (χ1n) is 9.42. The van der Waals surface area contributed by atoms with Gasteiger partial charge in [-0.15, -0.1) is 0 Å². The molecular weight excluding hydrogens is 382 g/mol. The van der Waals surface area contributed by atoms with Gasteiger partial charge in [-0.05, 0) is 43.9 Å². The van der Waals surface area contributed by atoms with Crippen molar-refractivity contribution in [1.29, 1.82) is 0 Å². The number of amides is 1. The fourth-order valence-electron chi connectivity index (χ4n) is 2.87. The molecule has 0 fully saturated rings. The van der Waals surface area contributed by atoms with Crippen molar-refractivity contribution in [2.45, 2.75) is 0 Å². The van der Waals surface area contributed by atoms with Crippen LogP contribution in [0.25, 0.3) is 11.1 Å². The van der Waals surface area contributed by atoms with Crippen LogP contribution in [0, 0.1) is 10.1 Å². The Morgan fingerprint density at radius 3 is 2.60 bits per heavy atom. The third-order valence-corrected chi connectivity index (χ3v) is 4.39. The van der Waals surface area contributed by atoms with Crippen LogP contribution in [0.1, 0.15) is 10.4 Å². The van der Waals surface area contributed by atoms with Crippen LogP contribution in [0.15, 0.2) is 67.0 Å². The molecule has 0 spiro atoms. The second-order valence-corrected chi connectivity index (χ2v) is 7.03. The molecule has 3 rings (SSSR count). The predicted octanol–water partition coefficient (Wildman–Crippen LogP) is 3.69. The molecule has 0 aliphatic carbocycles. The molecule has 0 aliphatic rings. The highest BCUT2D eigenvalue weighted by molar-refractivity contribution is 5.95. The average molecular weight is 405 g/mol. The lowest BCUT2D eigenvalue weighted by atomic mass is 10.0. The minimum absolute atomic E-state index is 0.0112. The molecule has 8 heteroatoms.